The minimum absolute atomic E-state index is 0.302. The number of hydrogen-bond donors (Lipinski definition) is 3. The third-order valence-electron chi connectivity index (χ3n) is 6.56. The molecule has 0 aliphatic rings. The quantitative estimate of drug-likeness (QED) is 0.411. The van der Waals surface area contributed by atoms with Gasteiger partial charge in [-0.15, -0.1) is 0 Å². The molecule has 3 N–H and O–H groups in total. The molecule has 2 rings (SSSR count). The Morgan fingerprint density at radius 2 is 0.618 bits per heavy atom. The van der Waals surface area contributed by atoms with Gasteiger partial charge in [0.05, 0.1) is 0 Å². The fourth-order valence-corrected chi connectivity index (χ4v) is 8.44. The fourth-order valence-electron chi connectivity index (χ4n) is 4.84. The average Bonchev–Trinajstić information content (AvgIpc) is 2.56. The zero-order chi connectivity index (χ0) is 26.9. The molecule has 2 aromatic carbocycles. The molecule has 0 saturated carbocycles. The summed E-state index contributed by atoms with van der Waals surface area (Å²) < 4.78 is 0. The Bertz CT molecular complexity index is 934. The Morgan fingerprint density at radius 1 is 0.441 bits per heavy atom. The van der Waals surface area contributed by atoms with Gasteiger partial charge in [0.15, 0.2) is 0 Å². The van der Waals surface area contributed by atoms with Gasteiger partial charge in [0.2, 0.25) is 0 Å². The van der Waals surface area contributed by atoms with Gasteiger partial charge in [-0.3, -0.25) is 0 Å². The molecule has 0 unspecified atom stereocenters. The van der Waals surface area contributed by atoms with Crippen LogP contribution >= 0.6 is 7.28 Å². The van der Waals surface area contributed by atoms with E-state index in [0.29, 0.717) is 10.6 Å². The molecule has 2 aromatic rings. The fraction of sp³-hybridized carbons (Fsp3) is 0.600. The van der Waals surface area contributed by atoms with Gasteiger partial charge in [0, 0.05) is 0 Å². The molecule has 34 heavy (non-hydrogen) atoms. The molecule has 192 valence electrons. The summed E-state index contributed by atoms with van der Waals surface area (Å²) in [5.74, 6) is 0. The average molecular weight is 489 g/mol. The van der Waals surface area contributed by atoms with Crippen LogP contribution in [0.15, 0.2) is 24.3 Å². The van der Waals surface area contributed by atoms with E-state index >= 15 is 0 Å². The van der Waals surface area contributed by atoms with Crippen molar-refractivity contribution in [2.24, 2.45) is 0 Å². The molecule has 4 heteroatoms. The van der Waals surface area contributed by atoms with Crippen LogP contribution < -0.4 is 10.6 Å². The Morgan fingerprint density at radius 3 is 0.765 bits per heavy atom. The second-order valence-corrected chi connectivity index (χ2v) is 17.3. The first-order valence-corrected chi connectivity index (χ1v) is 14.5. The maximum absolute atomic E-state index is 12.5. The first kappa shape index (κ1) is 29.0. The van der Waals surface area contributed by atoms with Gasteiger partial charge in [-0.2, -0.15) is 0 Å². The van der Waals surface area contributed by atoms with Crippen LogP contribution in [-0.2, 0) is 21.7 Å². The Labute approximate surface area is 208 Å². The predicted octanol–water partition coefficient (Wildman–Crippen LogP) is 6.72. The van der Waals surface area contributed by atoms with E-state index in [1.54, 1.807) is 0 Å². The van der Waals surface area contributed by atoms with E-state index in [1.165, 1.54) is 0 Å². The second kappa shape index (κ2) is 8.13. The van der Waals surface area contributed by atoms with Crippen LogP contribution in [0.5, 0.6) is 0 Å². The summed E-state index contributed by atoms with van der Waals surface area (Å²) in [4.78, 5) is 37.6. The molecule has 0 radical (unpaired) electrons. The molecule has 3 nitrogen and oxygen atoms in total. The minimum atomic E-state index is -5.64. The van der Waals surface area contributed by atoms with Gasteiger partial charge >= 0.3 is 209 Å². The standard InChI is InChI=1S/C30H49O3P/c1-19-15-21(27(3,4)5)25(22(16-19)28(6,7)8)34(31,32,33)26-23(29(9,10)11)17-20(2)18-24(26)30(12,13)14/h15-18,31-33H,1-14H3. The van der Waals surface area contributed by atoms with E-state index in [1.807, 2.05) is 38.1 Å². The zero-order valence-corrected chi connectivity index (χ0v) is 25.0. The van der Waals surface area contributed by atoms with Crippen LogP contribution in [0.2, 0.25) is 0 Å². The van der Waals surface area contributed by atoms with Crippen LogP contribution in [0.3, 0.4) is 0 Å². The summed E-state index contributed by atoms with van der Waals surface area (Å²) in [6, 6.07) is 8.04. The van der Waals surface area contributed by atoms with Gasteiger partial charge < -0.3 is 0 Å². The van der Waals surface area contributed by atoms with Crippen molar-refractivity contribution in [3.05, 3.63) is 57.6 Å². The first-order valence-electron chi connectivity index (χ1n) is 12.4. The SMILES string of the molecule is Cc1cc(C(C)(C)C)c(P(O)(O)(O)c2c(C(C)(C)C)cc(C)cc2C(C)(C)C)c(C(C)(C)C)c1. The molecular weight excluding hydrogens is 439 g/mol. The third-order valence-corrected chi connectivity index (χ3v) is 9.17. The third kappa shape index (κ3) is 5.44. The number of benzene rings is 2. The monoisotopic (exact) mass is 488 g/mol. The first-order chi connectivity index (χ1) is 14.8. The van der Waals surface area contributed by atoms with Gasteiger partial charge in [-0.1, -0.05) is 0 Å². The van der Waals surface area contributed by atoms with E-state index in [2.05, 4.69) is 83.1 Å². The van der Waals surface area contributed by atoms with E-state index in [-0.39, 0.29) is 0 Å². The molecule has 0 bridgehead atoms. The Hall–Kier alpha value is -1.25. The van der Waals surface area contributed by atoms with E-state index in [4.69, 9.17) is 0 Å². The van der Waals surface area contributed by atoms with Crippen molar-refractivity contribution in [2.45, 2.75) is 119 Å². The predicted molar refractivity (Wildman–Crippen MR) is 150 cm³/mol. The number of rotatable bonds is 2. The Kier molecular flexibility index (Phi) is 6.93. The van der Waals surface area contributed by atoms with E-state index in [0.717, 1.165) is 33.4 Å². The van der Waals surface area contributed by atoms with Crippen LogP contribution in [0.4, 0.5) is 0 Å². The van der Waals surface area contributed by atoms with Crippen molar-refractivity contribution in [3.63, 3.8) is 0 Å². The topological polar surface area (TPSA) is 60.7 Å². The van der Waals surface area contributed by atoms with Gasteiger partial charge in [0.25, 0.3) is 0 Å². The van der Waals surface area contributed by atoms with Crippen LogP contribution in [-0.4, -0.2) is 14.7 Å². The molecule has 0 aromatic heterocycles. The van der Waals surface area contributed by atoms with Crippen molar-refractivity contribution in [2.75, 3.05) is 0 Å². The van der Waals surface area contributed by atoms with E-state index in [9.17, 15) is 14.7 Å². The maximum atomic E-state index is 12.5. The summed E-state index contributed by atoms with van der Waals surface area (Å²) in [5.41, 5.74) is 3.57. The molecule has 0 fully saturated rings. The molecule has 0 atom stereocenters. The molecular formula is C30H49O3P. The van der Waals surface area contributed by atoms with Gasteiger partial charge in [0.1, 0.15) is 0 Å². The van der Waals surface area contributed by atoms with Crippen LogP contribution in [0.1, 0.15) is 116 Å². The summed E-state index contributed by atoms with van der Waals surface area (Å²) >= 11 is 0. The Balaban J connectivity index is 3.34. The van der Waals surface area contributed by atoms with Crippen molar-refractivity contribution in [1.82, 2.24) is 0 Å². The van der Waals surface area contributed by atoms with Crippen molar-refractivity contribution >= 4 is 17.9 Å². The van der Waals surface area contributed by atoms with Crippen LogP contribution in [0, 0.1) is 13.8 Å². The second-order valence-electron chi connectivity index (χ2n) is 14.4. The van der Waals surface area contributed by atoms with E-state index < -0.39 is 28.9 Å². The normalized spacial score (nSPS) is 15.3. The summed E-state index contributed by atoms with van der Waals surface area (Å²) in [5, 5.41) is 0.605. The number of aryl methyl sites for hydroxylation is 2. The molecule has 0 spiro atoms. The zero-order valence-electron chi connectivity index (χ0n) is 24.1. The molecule has 0 saturated heterocycles. The molecule has 0 amide bonds. The molecule has 0 aliphatic heterocycles. The van der Waals surface area contributed by atoms with Crippen molar-refractivity contribution in [3.8, 4) is 0 Å². The number of hydrogen-bond acceptors (Lipinski definition) is 3. The van der Waals surface area contributed by atoms with Gasteiger partial charge in [-0.25, -0.2) is 0 Å². The summed E-state index contributed by atoms with van der Waals surface area (Å²) in [6.07, 6.45) is 0. The summed E-state index contributed by atoms with van der Waals surface area (Å²) in [6.45, 7) is 28.8. The van der Waals surface area contributed by atoms with Crippen molar-refractivity contribution in [1.29, 1.82) is 0 Å². The van der Waals surface area contributed by atoms with Crippen LogP contribution in [0.25, 0.3) is 0 Å². The van der Waals surface area contributed by atoms with Gasteiger partial charge in [-0.05, 0) is 0 Å². The molecule has 0 aliphatic carbocycles. The van der Waals surface area contributed by atoms with Crippen molar-refractivity contribution < 1.29 is 14.7 Å². The molecule has 0 heterocycles. The summed E-state index contributed by atoms with van der Waals surface area (Å²) in [7, 11) is -5.64.